The summed E-state index contributed by atoms with van der Waals surface area (Å²) in [6.45, 7) is 5.61. The quantitative estimate of drug-likeness (QED) is 0.671. The number of aldehydes is 1. The highest BCUT2D eigenvalue weighted by Crippen LogP contribution is 2.20. The number of amides is 2. The summed E-state index contributed by atoms with van der Waals surface area (Å²) in [5.74, 6) is -0.429. The van der Waals surface area contributed by atoms with Crippen LogP contribution in [0.1, 0.15) is 31.9 Å². The van der Waals surface area contributed by atoms with Crippen molar-refractivity contribution in [1.29, 1.82) is 0 Å². The van der Waals surface area contributed by atoms with Crippen molar-refractivity contribution in [3.8, 4) is 0 Å². The van der Waals surface area contributed by atoms with E-state index in [9.17, 15) is 14.4 Å². The van der Waals surface area contributed by atoms with Crippen molar-refractivity contribution in [1.82, 2.24) is 10.6 Å². The summed E-state index contributed by atoms with van der Waals surface area (Å²) < 4.78 is 5.23. The highest BCUT2D eigenvalue weighted by atomic mass is 16.5. The van der Waals surface area contributed by atoms with Crippen LogP contribution in [0.4, 0.5) is 4.79 Å². The second kappa shape index (κ2) is 10.4. The van der Waals surface area contributed by atoms with Crippen molar-refractivity contribution in [2.75, 3.05) is 0 Å². The molecule has 2 atom stereocenters. The molecule has 154 valence electrons. The molecule has 6 nitrogen and oxygen atoms in total. The number of nitrogens with one attached hydrogen (secondary N) is 2. The van der Waals surface area contributed by atoms with E-state index >= 15 is 0 Å². The van der Waals surface area contributed by atoms with Crippen molar-refractivity contribution in [3.05, 3.63) is 71.8 Å². The topological polar surface area (TPSA) is 84.5 Å². The molecule has 0 spiro atoms. The summed E-state index contributed by atoms with van der Waals surface area (Å²) in [6.07, 6.45) is 0.402. The maximum Gasteiger partial charge on any atom is 0.408 e. The smallest absolute Gasteiger partial charge is 0.408 e. The third kappa shape index (κ3) is 7.41. The summed E-state index contributed by atoms with van der Waals surface area (Å²) in [4.78, 5) is 36.5. The third-order valence-corrected chi connectivity index (χ3v) is 4.39. The Bertz CT molecular complexity index is 801. The zero-order chi connectivity index (χ0) is 21.3. The first kappa shape index (κ1) is 22.1. The van der Waals surface area contributed by atoms with Gasteiger partial charge in [0.05, 0.1) is 6.04 Å². The lowest BCUT2D eigenvalue weighted by Gasteiger charge is -2.30. The molecule has 6 heteroatoms. The van der Waals surface area contributed by atoms with Gasteiger partial charge in [-0.3, -0.25) is 4.79 Å². The Labute approximate surface area is 171 Å². The molecule has 0 aliphatic rings. The second-order valence-corrected chi connectivity index (χ2v) is 7.95. The van der Waals surface area contributed by atoms with Crippen LogP contribution in [-0.4, -0.2) is 30.4 Å². The first-order valence-corrected chi connectivity index (χ1v) is 9.56. The van der Waals surface area contributed by atoms with Gasteiger partial charge >= 0.3 is 6.09 Å². The zero-order valence-corrected chi connectivity index (χ0v) is 17.1. The molecule has 29 heavy (non-hydrogen) atoms. The minimum Gasteiger partial charge on any atom is -0.445 e. The van der Waals surface area contributed by atoms with E-state index in [0.29, 0.717) is 12.7 Å². The van der Waals surface area contributed by atoms with Crippen molar-refractivity contribution in [2.24, 2.45) is 5.41 Å². The number of carbonyl (C=O) groups excluding carboxylic acids is 3. The Kier molecular flexibility index (Phi) is 7.95. The van der Waals surface area contributed by atoms with Gasteiger partial charge in [-0.1, -0.05) is 81.4 Å². The number of alkyl carbamates (subject to hydrolysis) is 1. The predicted octanol–water partition coefficient (Wildman–Crippen LogP) is 3.25. The molecule has 2 aromatic rings. The average Bonchev–Trinajstić information content (AvgIpc) is 2.70. The van der Waals surface area contributed by atoms with Crippen LogP contribution in [0.3, 0.4) is 0 Å². The minimum atomic E-state index is -0.857. The van der Waals surface area contributed by atoms with Crippen LogP contribution in [0.5, 0.6) is 0 Å². The van der Waals surface area contributed by atoms with Crippen molar-refractivity contribution in [2.45, 2.75) is 45.9 Å². The van der Waals surface area contributed by atoms with Crippen LogP contribution in [0, 0.1) is 5.41 Å². The Balaban J connectivity index is 1.97. The summed E-state index contributed by atoms with van der Waals surface area (Å²) in [7, 11) is 0. The maximum absolute atomic E-state index is 12.8. The van der Waals surface area contributed by atoms with E-state index in [-0.39, 0.29) is 6.61 Å². The zero-order valence-electron chi connectivity index (χ0n) is 17.1. The van der Waals surface area contributed by atoms with Crippen LogP contribution in [0.15, 0.2) is 60.7 Å². The molecule has 0 bridgehead atoms. The second-order valence-electron chi connectivity index (χ2n) is 7.95. The number of rotatable bonds is 8. The predicted molar refractivity (Wildman–Crippen MR) is 111 cm³/mol. The molecule has 0 aliphatic carbocycles. The SMILES string of the molecule is CC(C)(C)C(NC(=O)OCc1ccccc1)C(=O)N[C@H](C=O)Cc1ccccc1. The standard InChI is InChI=1S/C23H28N2O4/c1-23(2,3)20(25-22(28)29-16-18-12-8-5-9-13-18)21(27)24-19(15-26)14-17-10-6-4-7-11-17/h4-13,15,19-20H,14,16H2,1-3H3,(H,24,27)(H,25,28)/t19-,20?/m0/s1. The van der Waals surface area contributed by atoms with Crippen molar-refractivity contribution in [3.63, 3.8) is 0 Å². The van der Waals surface area contributed by atoms with E-state index in [2.05, 4.69) is 10.6 Å². The van der Waals surface area contributed by atoms with Gasteiger partial charge in [-0.25, -0.2) is 4.79 Å². The summed E-state index contributed by atoms with van der Waals surface area (Å²) in [6, 6.07) is 17.2. The van der Waals surface area contributed by atoms with Gasteiger partial charge < -0.3 is 20.2 Å². The van der Waals surface area contributed by atoms with Gasteiger partial charge in [0.1, 0.15) is 18.9 Å². The highest BCUT2D eigenvalue weighted by Gasteiger charge is 2.34. The lowest BCUT2D eigenvalue weighted by Crippen LogP contribution is -2.56. The first-order valence-electron chi connectivity index (χ1n) is 9.56. The Hall–Kier alpha value is -3.15. The first-order chi connectivity index (χ1) is 13.8. The van der Waals surface area contributed by atoms with Crippen LogP contribution in [0.2, 0.25) is 0 Å². The van der Waals surface area contributed by atoms with Crippen LogP contribution in [0.25, 0.3) is 0 Å². The fourth-order valence-corrected chi connectivity index (χ4v) is 2.83. The van der Waals surface area contributed by atoms with Crippen LogP contribution in [-0.2, 0) is 27.4 Å². The van der Waals surface area contributed by atoms with Gasteiger partial charge in [0.25, 0.3) is 0 Å². The molecule has 0 saturated carbocycles. The molecule has 0 heterocycles. The van der Waals surface area contributed by atoms with Gasteiger partial charge in [-0.05, 0) is 23.0 Å². The van der Waals surface area contributed by atoms with E-state index in [0.717, 1.165) is 11.1 Å². The molecular weight excluding hydrogens is 368 g/mol. The summed E-state index contributed by atoms with van der Waals surface area (Å²) in [5, 5.41) is 5.35. The number of ether oxygens (including phenoxy) is 1. The monoisotopic (exact) mass is 396 g/mol. The molecule has 2 N–H and O–H groups in total. The molecule has 1 unspecified atom stereocenters. The lowest BCUT2D eigenvalue weighted by molar-refractivity contribution is -0.127. The van der Waals surface area contributed by atoms with Gasteiger partial charge in [0.15, 0.2) is 0 Å². The highest BCUT2D eigenvalue weighted by molar-refractivity contribution is 5.88. The number of hydrogen-bond donors (Lipinski definition) is 2. The Morgan fingerprint density at radius 3 is 2.00 bits per heavy atom. The summed E-state index contributed by atoms with van der Waals surface area (Å²) >= 11 is 0. The Morgan fingerprint density at radius 2 is 1.48 bits per heavy atom. The largest absolute Gasteiger partial charge is 0.445 e. The van der Waals surface area contributed by atoms with E-state index in [1.54, 1.807) is 0 Å². The molecule has 0 radical (unpaired) electrons. The van der Waals surface area contributed by atoms with Gasteiger partial charge in [0.2, 0.25) is 5.91 Å². The molecule has 0 aromatic heterocycles. The summed E-state index contributed by atoms with van der Waals surface area (Å²) in [5.41, 5.74) is 1.21. The molecule has 2 aromatic carbocycles. The van der Waals surface area contributed by atoms with E-state index in [1.807, 2.05) is 81.4 Å². The molecule has 2 amide bonds. The van der Waals surface area contributed by atoms with Crippen molar-refractivity contribution >= 4 is 18.3 Å². The van der Waals surface area contributed by atoms with Gasteiger partial charge in [0, 0.05) is 0 Å². The number of carbonyl (C=O) groups is 3. The average molecular weight is 396 g/mol. The van der Waals surface area contributed by atoms with Gasteiger partial charge in [-0.15, -0.1) is 0 Å². The molecule has 2 rings (SSSR count). The lowest BCUT2D eigenvalue weighted by atomic mass is 9.86. The van der Waals surface area contributed by atoms with Crippen LogP contribution >= 0.6 is 0 Å². The normalized spacial score (nSPS) is 13.1. The molecular formula is C23H28N2O4. The molecule has 0 fully saturated rings. The fourth-order valence-electron chi connectivity index (χ4n) is 2.83. The molecule has 0 saturated heterocycles. The fraction of sp³-hybridized carbons (Fsp3) is 0.348. The minimum absolute atomic E-state index is 0.107. The number of hydrogen-bond acceptors (Lipinski definition) is 4. The van der Waals surface area contributed by atoms with Crippen molar-refractivity contribution < 1.29 is 19.1 Å². The third-order valence-electron chi connectivity index (χ3n) is 4.39. The molecule has 0 aliphatic heterocycles. The van der Waals surface area contributed by atoms with Gasteiger partial charge in [-0.2, -0.15) is 0 Å². The van der Waals surface area contributed by atoms with E-state index in [4.69, 9.17) is 4.74 Å². The van der Waals surface area contributed by atoms with E-state index < -0.39 is 29.5 Å². The Morgan fingerprint density at radius 1 is 0.931 bits per heavy atom. The van der Waals surface area contributed by atoms with Crippen LogP contribution < -0.4 is 10.6 Å². The number of benzene rings is 2. The van der Waals surface area contributed by atoms with E-state index in [1.165, 1.54) is 0 Å². The maximum atomic E-state index is 12.8.